The fourth-order valence-corrected chi connectivity index (χ4v) is 4.65. The molecule has 6 nitrogen and oxygen atoms in total. The van der Waals surface area contributed by atoms with Gasteiger partial charge in [0.2, 0.25) is 0 Å². The summed E-state index contributed by atoms with van der Waals surface area (Å²) in [7, 11) is 0. The average Bonchev–Trinajstić information content (AvgIpc) is 3.05. The SMILES string of the molecule is CCn1ccc2oc(C)c(C(=O)N3CCC(N4CCCCC4)CC3)c2c1=O. The van der Waals surface area contributed by atoms with Gasteiger partial charge in [0.15, 0.2) is 0 Å². The summed E-state index contributed by atoms with van der Waals surface area (Å²) in [5.41, 5.74) is 0.821. The molecule has 6 heteroatoms. The molecule has 0 aromatic carbocycles. The first kappa shape index (κ1) is 18.3. The monoisotopic (exact) mass is 371 g/mol. The number of nitrogens with zero attached hydrogens (tertiary/aromatic N) is 3. The predicted molar refractivity (Wildman–Crippen MR) is 105 cm³/mol. The van der Waals surface area contributed by atoms with Crippen molar-refractivity contribution in [2.75, 3.05) is 26.2 Å². The fraction of sp³-hybridized carbons (Fsp3) is 0.619. The van der Waals surface area contributed by atoms with Gasteiger partial charge in [0, 0.05) is 31.9 Å². The summed E-state index contributed by atoms with van der Waals surface area (Å²) < 4.78 is 7.36. The summed E-state index contributed by atoms with van der Waals surface area (Å²) in [6.45, 7) is 8.17. The number of carbonyl (C=O) groups excluding carboxylic acids is 1. The fourth-order valence-electron chi connectivity index (χ4n) is 4.65. The van der Waals surface area contributed by atoms with Crippen LogP contribution in [0.25, 0.3) is 11.0 Å². The number of carbonyl (C=O) groups is 1. The van der Waals surface area contributed by atoms with Crippen molar-refractivity contribution in [2.24, 2.45) is 0 Å². The van der Waals surface area contributed by atoms with Crippen LogP contribution in [0.5, 0.6) is 0 Å². The Morgan fingerprint density at radius 3 is 2.52 bits per heavy atom. The average molecular weight is 371 g/mol. The smallest absolute Gasteiger partial charge is 0.262 e. The number of furan rings is 1. The molecule has 0 aliphatic carbocycles. The van der Waals surface area contributed by atoms with Crippen molar-refractivity contribution >= 4 is 16.9 Å². The molecular formula is C21H29N3O3. The number of rotatable bonds is 3. The zero-order chi connectivity index (χ0) is 19.0. The topological polar surface area (TPSA) is 58.7 Å². The van der Waals surface area contributed by atoms with E-state index in [0.717, 1.165) is 25.9 Å². The molecule has 0 saturated carbocycles. The quantitative estimate of drug-likeness (QED) is 0.832. The van der Waals surface area contributed by atoms with Crippen molar-refractivity contribution in [1.29, 1.82) is 0 Å². The number of hydrogen-bond donors (Lipinski definition) is 0. The number of fused-ring (bicyclic) bond motifs is 1. The van der Waals surface area contributed by atoms with E-state index in [9.17, 15) is 9.59 Å². The lowest BCUT2D eigenvalue weighted by Gasteiger charge is -2.40. The molecule has 2 aromatic heterocycles. The lowest BCUT2D eigenvalue weighted by molar-refractivity contribution is 0.0590. The van der Waals surface area contributed by atoms with E-state index < -0.39 is 0 Å². The number of amides is 1. The second-order valence-corrected chi connectivity index (χ2v) is 7.80. The van der Waals surface area contributed by atoms with Gasteiger partial charge in [0.1, 0.15) is 11.3 Å². The highest BCUT2D eigenvalue weighted by molar-refractivity contribution is 6.06. The van der Waals surface area contributed by atoms with Gasteiger partial charge in [-0.2, -0.15) is 0 Å². The lowest BCUT2D eigenvalue weighted by atomic mass is 9.99. The minimum absolute atomic E-state index is 0.0608. The second kappa shape index (κ2) is 7.50. The van der Waals surface area contributed by atoms with Gasteiger partial charge in [0.05, 0.1) is 10.9 Å². The highest BCUT2D eigenvalue weighted by Gasteiger charge is 2.31. The Morgan fingerprint density at radius 2 is 1.85 bits per heavy atom. The van der Waals surface area contributed by atoms with E-state index >= 15 is 0 Å². The molecule has 27 heavy (non-hydrogen) atoms. The first-order valence-electron chi connectivity index (χ1n) is 10.3. The van der Waals surface area contributed by atoms with Crippen LogP contribution in [0.2, 0.25) is 0 Å². The largest absolute Gasteiger partial charge is 0.460 e. The highest BCUT2D eigenvalue weighted by Crippen LogP contribution is 2.27. The molecule has 2 aliphatic heterocycles. The van der Waals surface area contributed by atoms with Gasteiger partial charge in [-0.15, -0.1) is 0 Å². The third kappa shape index (κ3) is 3.31. The number of pyridine rings is 1. The number of piperidine rings is 2. The zero-order valence-electron chi connectivity index (χ0n) is 16.4. The summed E-state index contributed by atoms with van der Waals surface area (Å²) in [4.78, 5) is 30.5. The number of likely N-dealkylation sites (tertiary alicyclic amines) is 2. The van der Waals surface area contributed by atoms with E-state index in [4.69, 9.17) is 4.42 Å². The minimum atomic E-state index is -0.140. The minimum Gasteiger partial charge on any atom is -0.460 e. The van der Waals surface area contributed by atoms with Crippen molar-refractivity contribution < 1.29 is 9.21 Å². The Morgan fingerprint density at radius 1 is 1.15 bits per heavy atom. The van der Waals surface area contributed by atoms with Gasteiger partial charge in [-0.3, -0.25) is 9.59 Å². The Hall–Kier alpha value is -2.08. The van der Waals surface area contributed by atoms with Crippen molar-refractivity contribution in [2.45, 2.75) is 58.5 Å². The highest BCUT2D eigenvalue weighted by atomic mass is 16.3. The molecule has 2 aromatic rings. The second-order valence-electron chi connectivity index (χ2n) is 7.80. The van der Waals surface area contributed by atoms with Crippen molar-refractivity contribution in [1.82, 2.24) is 14.4 Å². The van der Waals surface area contributed by atoms with E-state index in [1.807, 2.05) is 11.8 Å². The van der Waals surface area contributed by atoms with E-state index in [1.165, 1.54) is 32.4 Å². The van der Waals surface area contributed by atoms with E-state index in [0.29, 0.717) is 34.9 Å². The molecule has 0 N–H and O–H groups in total. The number of aromatic nitrogens is 1. The molecule has 2 saturated heterocycles. The molecule has 1 amide bonds. The van der Waals surface area contributed by atoms with Gasteiger partial charge in [-0.1, -0.05) is 6.42 Å². The van der Waals surface area contributed by atoms with Gasteiger partial charge in [0.25, 0.3) is 11.5 Å². The number of aryl methyl sites for hydroxylation is 2. The standard InChI is InChI=1S/C21H29N3O3/c1-3-22-14-9-17-19(21(22)26)18(15(2)27-17)20(25)24-12-7-16(8-13-24)23-10-5-4-6-11-23/h9,14,16H,3-8,10-13H2,1-2H3. The van der Waals surface area contributed by atoms with Crippen LogP contribution in [0, 0.1) is 6.92 Å². The van der Waals surface area contributed by atoms with Crippen LogP contribution < -0.4 is 5.56 Å². The maximum atomic E-state index is 13.2. The summed E-state index contributed by atoms with van der Waals surface area (Å²) in [6, 6.07) is 2.38. The summed E-state index contributed by atoms with van der Waals surface area (Å²) in [5.74, 6) is 0.480. The summed E-state index contributed by atoms with van der Waals surface area (Å²) in [5, 5.41) is 0.431. The van der Waals surface area contributed by atoms with Crippen molar-refractivity contribution in [3.8, 4) is 0 Å². The lowest BCUT2D eigenvalue weighted by Crippen LogP contribution is -2.48. The van der Waals surface area contributed by atoms with Crippen molar-refractivity contribution in [3.63, 3.8) is 0 Å². The van der Waals surface area contributed by atoms with Gasteiger partial charge in [-0.25, -0.2) is 0 Å². The van der Waals surface area contributed by atoms with E-state index in [2.05, 4.69) is 4.90 Å². The molecular weight excluding hydrogens is 342 g/mol. The predicted octanol–water partition coefficient (Wildman–Crippen LogP) is 3.01. The molecule has 4 heterocycles. The van der Waals surface area contributed by atoms with Crippen LogP contribution >= 0.6 is 0 Å². The van der Waals surface area contributed by atoms with Crippen LogP contribution in [0.3, 0.4) is 0 Å². The Bertz CT molecular complexity index is 884. The van der Waals surface area contributed by atoms with Gasteiger partial charge >= 0.3 is 0 Å². The molecule has 0 atom stereocenters. The first-order valence-corrected chi connectivity index (χ1v) is 10.3. The molecule has 0 bridgehead atoms. The van der Waals surface area contributed by atoms with E-state index in [1.54, 1.807) is 23.8 Å². The van der Waals surface area contributed by atoms with Crippen LogP contribution in [-0.2, 0) is 6.54 Å². The normalized spacial score (nSPS) is 19.7. The van der Waals surface area contributed by atoms with Gasteiger partial charge < -0.3 is 18.8 Å². The summed E-state index contributed by atoms with van der Waals surface area (Å²) in [6.07, 6.45) is 7.69. The van der Waals surface area contributed by atoms with Crippen LogP contribution in [0.1, 0.15) is 55.1 Å². The van der Waals surface area contributed by atoms with E-state index in [-0.39, 0.29) is 11.5 Å². The van der Waals surface area contributed by atoms with Crippen LogP contribution in [-0.4, -0.2) is 52.5 Å². The first-order chi connectivity index (χ1) is 13.1. The van der Waals surface area contributed by atoms with Gasteiger partial charge in [-0.05, 0) is 58.7 Å². The molecule has 2 aliphatic rings. The van der Waals surface area contributed by atoms with Crippen LogP contribution in [0.4, 0.5) is 0 Å². The molecule has 0 unspecified atom stereocenters. The molecule has 146 valence electrons. The molecule has 2 fully saturated rings. The Labute approximate surface area is 159 Å². The molecule has 4 rings (SSSR count). The van der Waals surface area contributed by atoms with Crippen molar-refractivity contribution in [3.05, 3.63) is 33.9 Å². The molecule has 0 radical (unpaired) electrons. The Balaban J connectivity index is 1.55. The van der Waals surface area contributed by atoms with Crippen LogP contribution in [0.15, 0.2) is 21.5 Å². The maximum absolute atomic E-state index is 13.2. The maximum Gasteiger partial charge on any atom is 0.262 e. The number of hydrogen-bond acceptors (Lipinski definition) is 4. The third-order valence-corrected chi connectivity index (χ3v) is 6.21. The third-order valence-electron chi connectivity index (χ3n) is 6.21. The summed E-state index contributed by atoms with van der Waals surface area (Å²) >= 11 is 0. The Kier molecular flexibility index (Phi) is 5.08. The zero-order valence-corrected chi connectivity index (χ0v) is 16.4. The molecule has 0 spiro atoms.